The molecule has 0 saturated heterocycles. The molecule has 0 spiro atoms. The summed E-state index contributed by atoms with van der Waals surface area (Å²) in [5.41, 5.74) is 1.51. The molecule has 1 saturated carbocycles. The lowest BCUT2D eigenvalue weighted by molar-refractivity contribution is 0.515. The summed E-state index contributed by atoms with van der Waals surface area (Å²) in [6, 6.07) is 7.80. The third-order valence-electron chi connectivity index (χ3n) is 3.93. The second-order valence-corrected chi connectivity index (χ2v) is 5.58. The van der Waals surface area contributed by atoms with Gasteiger partial charge in [0.25, 0.3) is 6.01 Å². The lowest BCUT2D eigenvalue weighted by Gasteiger charge is -2.23. The van der Waals surface area contributed by atoms with Crippen molar-refractivity contribution in [2.75, 3.05) is 11.9 Å². The number of hydrogen-bond donors (Lipinski definition) is 1. The van der Waals surface area contributed by atoms with E-state index in [4.69, 9.17) is 4.42 Å². The average Bonchev–Trinajstić information content (AvgIpc) is 3.21. The predicted molar refractivity (Wildman–Crippen MR) is 79.6 cm³/mol. The van der Waals surface area contributed by atoms with Crippen molar-refractivity contribution in [2.24, 2.45) is 0 Å². The van der Waals surface area contributed by atoms with E-state index in [0.717, 1.165) is 12.2 Å². The monoisotopic (exact) mass is 289 g/mol. The Bertz CT molecular complexity index is 609. The lowest BCUT2D eigenvalue weighted by Crippen LogP contribution is -2.23. The van der Waals surface area contributed by atoms with Crippen molar-refractivity contribution in [1.82, 2.24) is 10.3 Å². The van der Waals surface area contributed by atoms with Crippen LogP contribution in [-0.4, -0.2) is 18.1 Å². The van der Waals surface area contributed by atoms with E-state index in [9.17, 15) is 4.39 Å². The third kappa shape index (κ3) is 3.24. The van der Waals surface area contributed by atoms with Crippen LogP contribution in [0.2, 0.25) is 0 Å². The Morgan fingerprint density at radius 1 is 1.43 bits per heavy atom. The van der Waals surface area contributed by atoms with Crippen LogP contribution in [0.15, 0.2) is 34.9 Å². The minimum Gasteiger partial charge on any atom is -0.432 e. The fraction of sp³-hybridized carbons (Fsp3) is 0.438. The van der Waals surface area contributed by atoms with E-state index >= 15 is 0 Å². The number of nitrogens with one attached hydrogen (secondary N) is 1. The van der Waals surface area contributed by atoms with Crippen molar-refractivity contribution in [1.29, 1.82) is 0 Å². The van der Waals surface area contributed by atoms with Gasteiger partial charge >= 0.3 is 0 Å². The molecule has 4 nitrogen and oxygen atoms in total. The van der Waals surface area contributed by atoms with Gasteiger partial charge in [0.1, 0.15) is 12.1 Å². The van der Waals surface area contributed by atoms with Crippen molar-refractivity contribution >= 4 is 6.01 Å². The van der Waals surface area contributed by atoms with Gasteiger partial charge in [-0.3, -0.25) is 0 Å². The number of aromatic nitrogens is 1. The normalized spacial score (nSPS) is 16.0. The summed E-state index contributed by atoms with van der Waals surface area (Å²) in [7, 11) is 1.86. The Morgan fingerprint density at radius 2 is 2.19 bits per heavy atom. The van der Waals surface area contributed by atoms with Gasteiger partial charge in [-0.25, -0.2) is 4.39 Å². The molecule has 0 aliphatic heterocycles. The van der Waals surface area contributed by atoms with Gasteiger partial charge in [-0.15, -0.1) is 0 Å². The molecule has 1 fully saturated rings. The van der Waals surface area contributed by atoms with Crippen molar-refractivity contribution in [3.63, 3.8) is 0 Å². The second kappa shape index (κ2) is 5.85. The quantitative estimate of drug-likeness (QED) is 0.886. The molecule has 21 heavy (non-hydrogen) atoms. The van der Waals surface area contributed by atoms with Crippen LogP contribution in [-0.2, 0) is 6.54 Å². The fourth-order valence-corrected chi connectivity index (χ4v) is 2.26. The minimum atomic E-state index is -0.209. The first-order valence-electron chi connectivity index (χ1n) is 7.30. The molecule has 1 N–H and O–H groups in total. The smallest absolute Gasteiger partial charge is 0.297 e. The summed E-state index contributed by atoms with van der Waals surface area (Å²) in [6.07, 6.45) is 4.15. The molecule has 3 rings (SSSR count). The van der Waals surface area contributed by atoms with Crippen LogP contribution >= 0.6 is 0 Å². The molecule has 1 aliphatic rings. The van der Waals surface area contributed by atoms with Crippen LogP contribution < -0.4 is 10.2 Å². The zero-order valence-corrected chi connectivity index (χ0v) is 12.3. The third-order valence-corrected chi connectivity index (χ3v) is 3.93. The number of hydrogen-bond acceptors (Lipinski definition) is 4. The highest BCUT2D eigenvalue weighted by Gasteiger charge is 2.22. The summed E-state index contributed by atoms with van der Waals surface area (Å²) in [6.45, 7) is 2.65. The van der Waals surface area contributed by atoms with E-state index < -0.39 is 0 Å². The van der Waals surface area contributed by atoms with Crippen LogP contribution in [0, 0.1) is 5.82 Å². The van der Waals surface area contributed by atoms with Crippen LogP contribution in [0.4, 0.5) is 10.4 Å². The molecule has 1 atom stereocenters. The van der Waals surface area contributed by atoms with Gasteiger partial charge in [-0.2, -0.15) is 4.98 Å². The summed E-state index contributed by atoms with van der Waals surface area (Å²) in [4.78, 5) is 6.31. The summed E-state index contributed by atoms with van der Waals surface area (Å²) in [5, 5.41) is 3.39. The maximum absolute atomic E-state index is 13.9. The second-order valence-electron chi connectivity index (χ2n) is 5.58. The van der Waals surface area contributed by atoms with E-state index in [1.54, 1.807) is 18.4 Å². The first-order valence-corrected chi connectivity index (χ1v) is 7.30. The zero-order chi connectivity index (χ0) is 14.8. The Hall–Kier alpha value is -1.88. The van der Waals surface area contributed by atoms with Gasteiger partial charge in [0.15, 0.2) is 0 Å². The zero-order valence-electron chi connectivity index (χ0n) is 12.3. The molecule has 5 heteroatoms. The van der Waals surface area contributed by atoms with Crippen molar-refractivity contribution in [2.45, 2.75) is 38.4 Å². The Morgan fingerprint density at radius 3 is 2.90 bits per heavy atom. The number of anilines is 1. The van der Waals surface area contributed by atoms with Gasteiger partial charge in [-0.1, -0.05) is 18.2 Å². The average molecular weight is 289 g/mol. The summed E-state index contributed by atoms with van der Waals surface area (Å²) < 4.78 is 19.4. The van der Waals surface area contributed by atoms with E-state index in [0.29, 0.717) is 17.6 Å². The van der Waals surface area contributed by atoms with Crippen molar-refractivity contribution in [3.8, 4) is 0 Å². The molecule has 0 bridgehead atoms. The molecular formula is C16H20FN3O. The highest BCUT2D eigenvalue weighted by Crippen LogP contribution is 2.26. The van der Waals surface area contributed by atoms with Gasteiger partial charge in [0, 0.05) is 25.2 Å². The molecule has 1 aliphatic carbocycles. The molecular weight excluding hydrogens is 269 g/mol. The van der Waals surface area contributed by atoms with E-state index in [1.165, 1.54) is 18.9 Å². The largest absolute Gasteiger partial charge is 0.432 e. The molecule has 1 heterocycles. The molecule has 1 unspecified atom stereocenters. The number of oxazole rings is 1. The van der Waals surface area contributed by atoms with Gasteiger partial charge < -0.3 is 14.6 Å². The lowest BCUT2D eigenvalue weighted by atomic mass is 10.1. The highest BCUT2D eigenvalue weighted by molar-refractivity contribution is 5.33. The molecule has 1 aromatic heterocycles. The Labute approximate surface area is 124 Å². The van der Waals surface area contributed by atoms with Crippen LogP contribution in [0.1, 0.15) is 37.1 Å². The topological polar surface area (TPSA) is 41.3 Å². The highest BCUT2D eigenvalue weighted by atomic mass is 19.1. The summed E-state index contributed by atoms with van der Waals surface area (Å²) >= 11 is 0. The first kappa shape index (κ1) is 14.1. The van der Waals surface area contributed by atoms with Gasteiger partial charge in [0.05, 0.1) is 11.7 Å². The Kier molecular flexibility index (Phi) is 3.92. The summed E-state index contributed by atoms with van der Waals surface area (Å²) in [5.74, 6) is -0.209. The van der Waals surface area contributed by atoms with Crippen molar-refractivity contribution in [3.05, 3.63) is 47.6 Å². The van der Waals surface area contributed by atoms with Gasteiger partial charge in [-0.05, 0) is 25.8 Å². The molecule has 2 aromatic rings. The van der Waals surface area contributed by atoms with Crippen molar-refractivity contribution < 1.29 is 8.81 Å². The van der Waals surface area contributed by atoms with E-state index in [1.807, 2.05) is 24.9 Å². The van der Waals surface area contributed by atoms with Crippen LogP contribution in [0.3, 0.4) is 0 Å². The maximum atomic E-state index is 13.9. The standard InChI is InChI=1S/C16H20FN3O/c1-11(14-5-3-4-6-15(14)17)20(2)16-19-13(10-21-16)9-18-12-7-8-12/h3-6,10-12,18H,7-9H2,1-2H3. The first-order chi connectivity index (χ1) is 10.1. The van der Waals surface area contributed by atoms with E-state index in [-0.39, 0.29) is 11.9 Å². The fourth-order valence-electron chi connectivity index (χ4n) is 2.26. The predicted octanol–water partition coefficient (Wildman–Crippen LogP) is 3.26. The maximum Gasteiger partial charge on any atom is 0.297 e. The number of halogens is 1. The van der Waals surface area contributed by atoms with Crippen LogP contribution in [0.5, 0.6) is 0 Å². The molecule has 1 aromatic carbocycles. The molecule has 112 valence electrons. The Balaban J connectivity index is 1.69. The number of rotatable bonds is 6. The number of nitrogens with zero attached hydrogens (tertiary/aromatic N) is 2. The number of benzene rings is 1. The van der Waals surface area contributed by atoms with E-state index in [2.05, 4.69) is 10.3 Å². The minimum absolute atomic E-state index is 0.144. The SMILES string of the molecule is CC(c1ccccc1F)N(C)c1nc(CNC2CC2)co1. The van der Waals surface area contributed by atoms with Crippen LogP contribution in [0.25, 0.3) is 0 Å². The molecule has 0 amide bonds. The van der Waals surface area contributed by atoms with Gasteiger partial charge in [0.2, 0.25) is 0 Å². The molecule has 0 radical (unpaired) electrons.